The average molecular weight is 414 g/mol. The van der Waals surface area contributed by atoms with Gasteiger partial charge < -0.3 is 15.2 Å². The van der Waals surface area contributed by atoms with E-state index in [0.29, 0.717) is 11.9 Å². The molecule has 0 fully saturated rings. The van der Waals surface area contributed by atoms with Gasteiger partial charge in [-0.15, -0.1) is 0 Å². The number of alkyl halides is 1. The quantitative estimate of drug-likeness (QED) is 0.574. The van der Waals surface area contributed by atoms with Gasteiger partial charge >= 0.3 is 0 Å². The van der Waals surface area contributed by atoms with Crippen molar-refractivity contribution in [1.29, 1.82) is 0 Å². The van der Waals surface area contributed by atoms with Crippen LogP contribution in [-0.4, -0.2) is 36.1 Å². The summed E-state index contributed by atoms with van der Waals surface area (Å²) in [5.41, 5.74) is 0.277. The number of aromatic hydroxyl groups is 1. The van der Waals surface area contributed by atoms with Gasteiger partial charge in [-0.1, -0.05) is 15.9 Å². The number of benzene rings is 1. The third-order valence-electron chi connectivity index (χ3n) is 2.09. The van der Waals surface area contributed by atoms with Crippen molar-refractivity contribution in [2.75, 3.05) is 19.0 Å². The molecule has 0 spiro atoms. The van der Waals surface area contributed by atoms with E-state index >= 15 is 0 Å². The summed E-state index contributed by atoms with van der Waals surface area (Å²) in [6, 6.07) is 4.77. The van der Waals surface area contributed by atoms with Crippen molar-refractivity contribution in [3.8, 4) is 5.75 Å². The lowest BCUT2D eigenvalue weighted by atomic mass is 10.2. The molecule has 1 aromatic carbocycles. The molecule has 1 unspecified atom stereocenters. The summed E-state index contributed by atoms with van der Waals surface area (Å²) in [6.45, 7) is 0.418. The second-order valence-corrected chi connectivity index (χ2v) is 5.33. The minimum atomic E-state index is -0.303. The summed E-state index contributed by atoms with van der Waals surface area (Å²) in [6.07, 6.45) is 0. The topological polar surface area (TPSA) is 58.6 Å². The number of hydrogen-bond acceptors (Lipinski definition) is 3. The predicted octanol–water partition coefficient (Wildman–Crippen LogP) is 2.14. The summed E-state index contributed by atoms with van der Waals surface area (Å²) in [4.78, 5) is 11.9. The summed E-state index contributed by atoms with van der Waals surface area (Å²) in [5.74, 6) is -0.323. The maximum Gasteiger partial charge on any atom is 0.255 e. The number of phenols is 1. The van der Waals surface area contributed by atoms with E-state index in [1.807, 2.05) is 0 Å². The van der Waals surface area contributed by atoms with Crippen molar-refractivity contribution < 1.29 is 14.6 Å². The summed E-state index contributed by atoms with van der Waals surface area (Å²) >= 11 is 5.38. The van der Waals surface area contributed by atoms with E-state index in [9.17, 15) is 9.90 Å². The Labute approximate surface area is 122 Å². The second-order valence-electron chi connectivity index (χ2n) is 3.44. The van der Waals surface area contributed by atoms with Gasteiger partial charge in [0.1, 0.15) is 5.75 Å². The lowest BCUT2D eigenvalue weighted by Crippen LogP contribution is -2.39. The van der Waals surface area contributed by atoms with E-state index in [1.165, 1.54) is 6.07 Å². The van der Waals surface area contributed by atoms with E-state index in [4.69, 9.17) is 4.74 Å². The van der Waals surface area contributed by atoms with E-state index < -0.39 is 0 Å². The number of halogens is 2. The molecule has 1 rings (SSSR count). The van der Waals surface area contributed by atoms with Crippen molar-refractivity contribution in [2.45, 2.75) is 6.04 Å². The number of amides is 1. The Balaban J connectivity index is 2.78. The van der Waals surface area contributed by atoms with Crippen LogP contribution in [0.15, 0.2) is 18.2 Å². The van der Waals surface area contributed by atoms with Gasteiger partial charge in [0.15, 0.2) is 0 Å². The molecule has 94 valence electrons. The Morgan fingerprint density at radius 2 is 2.35 bits per heavy atom. The molecular weight excluding hydrogens is 401 g/mol. The average Bonchev–Trinajstić information content (AvgIpc) is 2.31. The minimum absolute atomic E-state index is 0.0198. The number of hydrogen-bond donors (Lipinski definition) is 2. The first-order chi connectivity index (χ1) is 8.08. The molecule has 17 heavy (non-hydrogen) atoms. The first-order valence-corrected chi connectivity index (χ1v) is 7.12. The first kappa shape index (κ1) is 14.7. The highest BCUT2D eigenvalue weighted by molar-refractivity contribution is 14.1. The van der Waals surface area contributed by atoms with Crippen LogP contribution in [0.25, 0.3) is 0 Å². The Hall–Kier alpha value is -0.340. The van der Waals surface area contributed by atoms with E-state index in [1.54, 1.807) is 19.2 Å². The molecule has 0 aliphatic carbocycles. The lowest BCUT2D eigenvalue weighted by molar-refractivity contribution is 0.0905. The fourth-order valence-electron chi connectivity index (χ4n) is 1.28. The molecule has 0 aliphatic heterocycles. The Morgan fingerprint density at radius 3 is 2.94 bits per heavy atom. The van der Waals surface area contributed by atoms with Gasteiger partial charge in [-0.25, -0.2) is 0 Å². The van der Waals surface area contributed by atoms with Gasteiger partial charge in [0, 0.05) is 16.0 Å². The number of rotatable bonds is 5. The van der Waals surface area contributed by atoms with Crippen LogP contribution in [0.3, 0.4) is 0 Å². The maximum absolute atomic E-state index is 11.9. The normalized spacial score (nSPS) is 12.2. The highest BCUT2D eigenvalue weighted by Crippen LogP contribution is 2.19. The Kier molecular flexibility index (Phi) is 6.21. The monoisotopic (exact) mass is 413 g/mol. The fourth-order valence-corrected chi connectivity index (χ4v) is 2.12. The van der Waals surface area contributed by atoms with Crippen LogP contribution in [0.1, 0.15) is 10.4 Å². The van der Waals surface area contributed by atoms with Crippen molar-refractivity contribution in [3.63, 3.8) is 0 Å². The molecule has 4 nitrogen and oxygen atoms in total. The zero-order valence-corrected chi connectivity index (χ0v) is 13.0. The number of ether oxygens (including phenoxy) is 1. The van der Waals surface area contributed by atoms with Crippen LogP contribution >= 0.6 is 38.5 Å². The molecule has 1 atom stereocenters. The number of nitrogens with one attached hydrogen (secondary N) is 1. The van der Waals surface area contributed by atoms with Gasteiger partial charge in [0.05, 0.1) is 18.2 Å². The molecular formula is C11H13BrINO3. The van der Waals surface area contributed by atoms with Gasteiger partial charge in [-0.3, -0.25) is 4.79 Å². The Morgan fingerprint density at radius 1 is 1.65 bits per heavy atom. The predicted molar refractivity (Wildman–Crippen MR) is 77.7 cm³/mol. The number of phenolic OH excluding ortho intramolecular Hbond substituents is 1. The van der Waals surface area contributed by atoms with Crippen LogP contribution in [0.4, 0.5) is 0 Å². The molecule has 2 N–H and O–H groups in total. The highest BCUT2D eigenvalue weighted by atomic mass is 127. The fraction of sp³-hybridized carbons (Fsp3) is 0.364. The summed E-state index contributed by atoms with van der Waals surface area (Å²) in [7, 11) is 1.57. The van der Waals surface area contributed by atoms with Crippen molar-refractivity contribution in [2.24, 2.45) is 0 Å². The first-order valence-electron chi connectivity index (χ1n) is 4.92. The molecule has 1 amide bonds. The SMILES string of the molecule is COCC(CBr)NC(=O)c1cc(I)ccc1O. The number of carbonyl (C=O) groups is 1. The van der Waals surface area contributed by atoms with Gasteiger partial charge in [0.25, 0.3) is 5.91 Å². The van der Waals surface area contributed by atoms with Crippen molar-refractivity contribution in [1.82, 2.24) is 5.32 Å². The van der Waals surface area contributed by atoms with Gasteiger partial charge in [-0.05, 0) is 40.8 Å². The molecule has 1 aromatic rings. The minimum Gasteiger partial charge on any atom is -0.507 e. The second kappa shape index (κ2) is 7.17. The van der Waals surface area contributed by atoms with E-state index in [0.717, 1.165) is 3.57 Å². The molecule has 6 heteroatoms. The van der Waals surface area contributed by atoms with Gasteiger partial charge in [0.2, 0.25) is 0 Å². The molecule has 0 saturated carbocycles. The van der Waals surface area contributed by atoms with Crippen molar-refractivity contribution in [3.05, 3.63) is 27.3 Å². The van der Waals surface area contributed by atoms with Gasteiger partial charge in [-0.2, -0.15) is 0 Å². The van der Waals surface area contributed by atoms with E-state index in [2.05, 4.69) is 43.8 Å². The van der Waals surface area contributed by atoms with Crippen LogP contribution in [0.5, 0.6) is 5.75 Å². The molecule has 0 saturated heterocycles. The number of methoxy groups -OCH3 is 1. The smallest absolute Gasteiger partial charge is 0.255 e. The summed E-state index contributed by atoms with van der Waals surface area (Å²) < 4.78 is 5.87. The lowest BCUT2D eigenvalue weighted by Gasteiger charge is -2.15. The number of carbonyl (C=O) groups excluding carboxylic acids is 1. The third-order valence-corrected chi connectivity index (χ3v) is 3.55. The maximum atomic E-state index is 11.9. The molecule has 0 radical (unpaired) electrons. The van der Waals surface area contributed by atoms with E-state index in [-0.39, 0.29) is 23.3 Å². The molecule has 0 aliphatic rings. The molecule has 0 heterocycles. The summed E-state index contributed by atoms with van der Waals surface area (Å²) in [5, 5.41) is 13.0. The third kappa shape index (κ3) is 4.44. The van der Waals surface area contributed by atoms with Crippen LogP contribution in [-0.2, 0) is 4.74 Å². The highest BCUT2D eigenvalue weighted by Gasteiger charge is 2.15. The van der Waals surface area contributed by atoms with Crippen LogP contribution in [0, 0.1) is 3.57 Å². The zero-order valence-electron chi connectivity index (χ0n) is 9.24. The Bertz CT molecular complexity index is 400. The molecule has 0 aromatic heterocycles. The largest absolute Gasteiger partial charge is 0.507 e. The zero-order chi connectivity index (χ0) is 12.8. The van der Waals surface area contributed by atoms with Crippen LogP contribution < -0.4 is 5.32 Å². The molecule has 0 bridgehead atoms. The van der Waals surface area contributed by atoms with Crippen molar-refractivity contribution >= 4 is 44.4 Å². The van der Waals surface area contributed by atoms with Crippen LogP contribution in [0.2, 0.25) is 0 Å². The standard InChI is InChI=1S/C11H13BrINO3/c1-17-6-8(5-12)14-11(16)9-4-7(13)2-3-10(9)15/h2-4,8,15H,5-6H2,1H3,(H,14,16).